The average molecular weight is 330 g/mol. The van der Waals surface area contributed by atoms with E-state index in [2.05, 4.69) is 10.3 Å². The molecule has 0 aliphatic carbocycles. The molecule has 1 heterocycles. The number of fused-ring (bicyclic) bond motifs is 1. The summed E-state index contributed by atoms with van der Waals surface area (Å²) in [6.07, 6.45) is 0. The maximum atomic E-state index is 13.7. The van der Waals surface area contributed by atoms with Crippen molar-refractivity contribution < 1.29 is 18.0 Å². The summed E-state index contributed by atoms with van der Waals surface area (Å²) in [6, 6.07) is 8.98. The molecule has 0 saturated carbocycles. The number of aromatic nitrogens is 1. The highest BCUT2D eigenvalue weighted by molar-refractivity contribution is 6.06. The first-order chi connectivity index (χ1) is 11.4. The van der Waals surface area contributed by atoms with Crippen LogP contribution in [0.25, 0.3) is 10.9 Å². The molecule has 0 fully saturated rings. The van der Waals surface area contributed by atoms with Crippen molar-refractivity contribution in [2.45, 2.75) is 13.8 Å². The molecule has 0 saturated heterocycles. The highest BCUT2D eigenvalue weighted by atomic mass is 19.2. The normalized spacial score (nSPS) is 10.9. The maximum Gasteiger partial charge on any atom is 0.257 e. The van der Waals surface area contributed by atoms with Crippen molar-refractivity contribution in [3.63, 3.8) is 0 Å². The molecule has 1 amide bonds. The fraction of sp³-hybridized carbons (Fsp3) is 0.111. The number of anilines is 1. The van der Waals surface area contributed by atoms with Gasteiger partial charge >= 0.3 is 0 Å². The minimum atomic E-state index is -1.63. The number of aryl methyl sites for hydroxylation is 2. The third-order valence-corrected chi connectivity index (χ3v) is 3.69. The van der Waals surface area contributed by atoms with Crippen molar-refractivity contribution in [3.8, 4) is 0 Å². The topological polar surface area (TPSA) is 42.0 Å². The number of hydrogen-bond acceptors (Lipinski definition) is 2. The predicted octanol–water partition coefficient (Wildman–Crippen LogP) is 4.52. The van der Waals surface area contributed by atoms with Crippen molar-refractivity contribution >= 4 is 22.5 Å². The number of nitrogens with one attached hydrogen (secondary N) is 1. The van der Waals surface area contributed by atoms with Gasteiger partial charge in [-0.15, -0.1) is 0 Å². The van der Waals surface area contributed by atoms with Gasteiger partial charge in [-0.05, 0) is 44.2 Å². The highest BCUT2D eigenvalue weighted by Crippen LogP contribution is 2.22. The van der Waals surface area contributed by atoms with Gasteiger partial charge in [0.15, 0.2) is 17.5 Å². The first-order valence-electron chi connectivity index (χ1n) is 7.19. The summed E-state index contributed by atoms with van der Waals surface area (Å²) < 4.78 is 39.9. The zero-order valence-electron chi connectivity index (χ0n) is 13.0. The number of rotatable bonds is 2. The van der Waals surface area contributed by atoms with Gasteiger partial charge in [0.05, 0.1) is 22.5 Å². The van der Waals surface area contributed by atoms with Crippen LogP contribution in [0.1, 0.15) is 21.6 Å². The molecule has 3 aromatic rings. The van der Waals surface area contributed by atoms with Gasteiger partial charge in [0, 0.05) is 5.39 Å². The molecule has 0 aliphatic heterocycles. The number of pyridine rings is 1. The standard InChI is InChI=1S/C18H13F3N2O/c1-9-3-5-14-11(7-9)8-12(10(2)22-14)18(24)23-15-6-4-13(19)16(20)17(15)21/h3-8H,1-2H3,(H,23,24). The molecule has 0 atom stereocenters. The van der Waals surface area contributed by atoms with E-state index in [0.29, 0.717) is 5.69 Å². The van der Waals surface area contributed by atoms with Crippen LogP contribution in [0, 0.1) is 31.3 Å². The molecule has 2 aromatic carbocycles. The Morgan fingerprint density at radius 2 is 1.75 bits per heavy atom. The summed E-state index contributed by atoms with van der Waals surface area (Å²) in [7, 11) is 0. The molecule has 0 unspecified atom stereocenters. The monoisotopic (exact) mass is 330 g/mol. The summed E-state index contributed by atoms with van der Waals surface area (Å²) in [5, 5.41) is 3.01. The smallest absolute Gasteiger partial charge is 0.257 e. The zero-order valence-corrected chi connectivity index (χ0v) is 13.0. The number of benzene rings is 2. The average Bonchev–Trinajstić information content (AvgIpc) is 2.55. The Hall–Kier alpha value is -2.89. The Kier molecular flexibility index (Phi) is 3.97. The van der Waals surface area contributed by atoms with Gasteiger partial charge in [0.1, 0.15) is 0 Å². The largest absolute Gasteiger partial charge is 0.319 e. The fourth-order valence-corrected chi connectivity index (χ4v) is 2.43. The molecular formula is C18H13F3N2O. The van der Waals surface area contributed by atoms with E-state index in [1.807, 2.05) is 25.1 Å². The molecule has 0 aliphatic rings. The molecule has 122 valence electrons. The number of hydrogen-bond donors (Lipinski definition) is 1. The van der Waals surface area contributed by atoms with Crippen molar-refractivity contribution in [2.24, 2.45) is 0 Å². The molecule has 1 aromatic heterocycles. The Morgan fingerprint density at radius 1 is 1.00 bits per heavy atom. The van der Waals surface area contributed by atoms with Gasteiger partial charge in [0.2, 0.25) is 0 Å². The SMILES string of the molecule is Cc1ccc2nc(C)c(C(=O)Nc3ccc(F)c(F)c3F)cc2c1. The molecule has 0 radical (unpaired) electrons. The number of halogens is 3. The van der Waals surface area contributed by atoms with Crippen LogP contribution in [-0.4, -0.2) is 10.9 Å². The van der Waals surface area contributed by atoms with Gasteiger partial charge < -0.3 is 5.32 Å². The van der Waals surface area contributed by atoms with Crippen molar-refractivity contribution in [1.29, 1.82) is 0 Å². The second-order valence-electron chi connectivity index (χ2n) is 5.49. The first-order valence-corrected chi connectivity index (χ1v) is 7.19. The van der Waals surface area contributed by atoms with Gasteiger partial charge in [-0.3, -0.25) is 9.78 Å². The van der Waals surface area contributed by atoms with E-state index in [-0.39, 0.29) is 5.56 Å². The summed E-state index contributed by atoms with van der Waals surface area (Å²) in [6.45, 7) is 3.56. The Balaban J connectivity index is 2.00. The van der Waals surface area contributed by atoms with Crippen molar-refractivity contribution in [2.75, 3.05) is 5.32 Å². The van der Waals surface area contributed by atoms with Gasteiger partial charge in [-0.25, -0.2) is 13.2 Å². The van der Waals surface area contributed by atoms with Gasteiger partial charge in [-0.2, -0.15) is 0 Å². The number of amides is 1. The Labute approximate surface area is 136 Å². The molecule has 3 nitrogen and oxygen atoms in total. The maximum absolute atomic E-state index is 13.7. The third kappa shape index (κ3) is 2.82. The lowest BCUT2D eigenvalue weighted by Crippen LogP contribution is -2.16. The fourth-order valence-electron chi connectivity index (χ4n) is 2.43. The lowest BCUT2D eigenvalue weighted by Gasteiger charge is -2.10. The van der Waals surface area contributed by atoms with Crippen LogP contribution in [0.2, 0.25) is 0 Å². The minimum Gasteiger partial charge on any atom is -0.319 e. The second-order valence-corrected chi connectivity index (χ2v) is 5.49. The summed E-state index contributed by atoms with van der Waals surface area (Å²) in [5.74, 6) is -5.03. The first kappa shape index (κ1) is 16.0. The lowest BCUT2D eigenvalue weighted by atomic mass is 10.1. The van der Waals surface area contributed by atoms with Gasteiger partial charge in [0.25, 0.3) is 5.91 Å². The molecule has 0 spiro atoms. The molecule has 6 heteroatoms. The third-order valence-electron chi connectivity index (χ3n) is 3.69. The van der Waals surface area contributed by atoms with E-state index < -0.39 is 29.0 Å². The Morgan fingerprint density at radius 3 is 2.50 bits per heavy atom. The van der Waals surface area contributed by atoms with E-state index in [4.69, 9.17) is 0 Å². The van der Waals surface area contributed by atoms with E-state index in [1.54, 1.807) is 13.0 Å². The van der Waals surface area contributed by atoms with Crippen LogP contribution in [0.4, 0.5) is 18.9 Å². The number of carbonyl (C=O) groups is 1. The van der Waals surface area contributed by atoms with E-state index in [1.165, 1.54) is 0 Å². The van der Waals surface area contributed by atoms with E-state index in [9.17, 15) is 18.0 Å². The number of nitrogens with zero attached hydrogens (tertiary/aromatic N) is 1. The number of carbonyl (C=O) groups excluding carboxylic acids is 1. The molecule has 3 rings (SSSR count). The highest BCUT2D eigenvalue weighted by Gasteiger charge is 2.17. The minimum absolute atomic E-state index is 0.234. The molecular weight excluding hydrogens is 317 g/mol. The predicted molar refractivity (Wildman–Crippen MR) is 85.5 cm³/mol. The second kappa shape index (κ2) is 5.96. The van der Waals surface area contributed by atoms with Crippen molar-refractivity contribution in [3.05, 3.63) is 70.7 Å². The van der Waals surface area contributed by atoms with Crippen molar-refractivity contribution in [1.82, 2.24) is 4.98 Å². The summed E-state index contributed by atoms with van der Waals surface area (Å²) in [4.78, 5) is 16.7. The van der Waals surface area contributed by atoms with Crippen LogP contribution in [-0.2, 0) is 0 Å². The summed E-state index contributed by atoms with van der Waals surface area (Å²) >= 11 is 0. The molecule has 0 bridgehead atoms. The van der Waals surface area contributed by atoms with E-state index >= 15 is 0 Å². The lowest BCUT2D eigenvalue weighted by molar-refractivity contribution is 0.102. The zero-order chi connectivity index (χ0) is 17.4. The van der Waals surface area contributed by atoms with Crippen LogP contribution in [0.5, 0.6) is 0 Å². The molecule has 1 N–H and O–H groups in total. The quantitative estimate of drug-likeness (QED) is 0.702. The van der Waals surface area contributed by atoms with Crippen LogP contribution < -0.4 is 5.32 Å². The van der Waals surface area contributed by atoms with Crippen LogP contribution >= 0.6 is 0 Å². The molecule has 24 heavy (non-hydrogen) atoms. The van der Waals surface area contributed by atoms with Crippen LogP contribution in [0.3, 0.4) is 0 Å². The Bertz CT molecular complexity index is 970. The van der Waals surface area contributed by atoms with E-state index in [0.717, 1.165) is 28.6 Å². The summed E-state index contributed by atoms with van der Waals surface area (Å²) in [5.41, 5.74) is 1.99. The van der Waals surface area contributed by atoms with Gasteiger partial charge in [-0.1, -0.05) is 11.6 Å². The van der Waals surface area contributed by atoms with Crippen LogP contribution in [0.15, 0.2) is 36.4 Å².